The zero-order chi connectivity index (χ0) is 17.5. The fraction of sp³-hybridized carbons (Fsp3) is 0.263. The average Bonchev–Trinajstić information content (AvgIpc) is 2.89. The molecule has 0 bridgehead atoms. The van der Waals surface area contributed by atoms with Crippen molar-refractivity contribution in [3.05, 3.63) is 48.5 Å². The molecule has 2 aromatic rings. The molecule has 128 valence electrons. The highest BCUT2D eigenvalue weighted by Crippen LogP contribution is 2.34. The van der Waals surface area contributed by atoms with Crippen LogP contribution in [-0.4, -0.2) is 31.4 Å². The molecule has 1 heterocycles. The summed E-state index contributed by atoms with van der Waals surface area (Å²) in [6.07, 6.45) is 0.857. The van der Waals surface area contributed by atoms with Crippen molar-refractivity contribution in [1.82, 2.24) is 0 Å². The number of hydrogen-bond acceptors (Lipinski definition) is 5. The number of nitrogens with zero attached hydrogens (tertiary/aromatic N) is 2. The number of nitriles is 1. The van der Waals surface area contributed by atoms with Crippen LogP contribution in [-0.2, 0) is 4.79 Å². The number of benzene rings is 2. The highest BCUT2D eigenvalue weighted by atomic mass is 32.2. The van der Waals surface area contributed by atoms with Crippen LogP contribution in [0.2, 0.25) is 0 Å². The molecule has 2 aromatic carbocycles. The summed E-state index contributed by atoms with van der Waals surface area (Å²) in [6, 6.07) is 17.0. The first-order valence-corrected chi connectivity index (χ1v) is 9.01. The van der Waals surface area contributed by atoms with Gasteiger partial charge in [0.25, 0.3) is 0 Å². The van der Waals surface area contributed by atoms with Gasteiger partial charge in [-0.25, -0.2) is 0 Å². The minimum absolute atomic E-state index is 0.0323. The fourth-order valence-electron chi connectivity index (χ4n) is 2.46. The van der Waals surface area contributed by atoms with Gasteiger partial charge in [-0.15, -0.1) is 11.8 Å². The zero-order valence-corrected chi connectivity index (χ0v) is 14.5. The van der Waals surface area contributed by atoms with E-state index in [1.54, 1.807) is 0 Å². The summed E-state index contributed by atoms with van der Waals surface area (Å²) in [6.45, 7) is 1.31. The molecule has 5 nitrogen and oxygen atoms in total. The summed E-state index contributed by atoms with van der Waals surface area (Å²) in [5, 5.41) is 9.01. The van der Waals surface area contributed by atoms with Crippen LogP contribution in [0.15, 0.2) is 53.4 Å². The van der Waals surface area contributed by atoms with Crippen LogP contribution < -0.4 is 14.4 Å². The predicted molar refractivity (Wildman–Crippen MR) is 97.2 cm³/mol. The molecular weight excluding hydrogens is 336 g/mol. The molecule has 0 aliphatic carbocycles. The summed E-state index contributed by atoms with van der Waals surface area (Å²) < 4.78 is 11.3. The molecule has 6 heteroatoms. The molecule has 0 saturated carbocycles. The van der Waals surface area contributed by atoms with Gasteiger partial charge in [0.15, 0.2) is 11.5 Å². The number of anilines is 1. The molecule has 25 heavy (non-hydrogen) atoms. The summed E-state index contributed by atoms with van der Waals surface area (Å²) in [5.41, 5.74) is 0.730. The van der Waals surface area contributed by atoms with Gasteiger partial charge >= 0.3 is 0 Å². The normalized spacial score (nSPS) is 12.8. The van der Waals surface area contributed by atoms with Gasteiger partial charge in [0.2, 0.25) is 5.91 Å². The van der Waals surface area contributed by atoms with Crippen molar-refractivity contribution in [2.45, 2.75) is 11.3 Å². The van der Waals surface area contributed by atoms with E-state index in [0.29, 0.717) is 19.0 Å². The Morgan fingerprint density at radius 1 is 1.12 bits per heavy atom. The summed E-state index contributed by atoms with van der Waals surface area (Å²) >= 11 is 1.42. The largest absolute Gasteiger partial charge is 0.490 e. The van der Waals surface area contributed by atoms with E-state index >= 15 is 0 Å². The van der Waals surface area contributed by atoms with Crippen LogP contribution in [0, 0.1) is 11.3 Å². The van der Waals surface area contributed by atoms with Gasteiger partial charge in [-0.05, 0) is 30.3 Å². The maximum Gasteiger partial charge on any atom is 0.238 e. The number of carbonyl (C=O) groups is 1. The van der Waals surface area contributed by atoms with Crippen LogP contribution in [0.1, 0.15) is 6.42 Å². The fourth-order valence-corrected chi connectivity index (χ4v) is 3.26. The van der Waals surface area contributed by atoms with Gasteiger partial charge in [-0.3, -0.25) is 9.69 Å². The minimum atomic E-state index is -0.107. The molecule has 1 aliphatic rings. The number of rotatable bonds is 5. The van der Waals surface area contributed by atoms with E-state index in [9.17, 15) is 4.79 Å². The minimum Gasteiger partial charge on any atom is -0.490 e. The van der Waals surface area contributed by atoms with Crippen molar-refractivity contribution >= 4 is 23.4 Å². The molecular formula is C19H18N2O3S. The lowest BCUT2D eigenvalue weighted by Gasteiger charge is -2.19. The second-order valence-electron chi connectivity index (χ2n) is 5.42. The van der Waals surface area contributed by atoms with Gasteiger partial charge < -0.3 is 9.47 Å². The number of hydrogen-bond donors (Lipinski definition) is 0. The monoisotopic (exact) mass is 354 g/mol. The van der Waals surface area contributed by atoms with E-state index in [1.807, 2.05) is 48.5 Å². The molecule has 0 fully saturated rings. The van der Waals surface area contributed by atoms with Crippen molar-refractivity contribution in [3.63, 3.8) is 0 Å². The van der Waals surface area contributed by atoms with Gasteiger partial charge in [0, 0.05) is 17.0 Å². The van der Waals surface area contributed by atoms with Crippen molar-refractivity contribution in [3.8, 4) is 17.6 Å². The van der Waals surface area contributed by atoms with E-state index in [-0.39, 0.29) is 18.2 Å². The maximum atomic E-state index is 12.5. The van der Waals surface area contributed by atoms with Crippen LogP contribution in [0.25, 0.3) is 0 Å². The Kier molecular flexibility index (Phi) is 5.81. The quantitative estimate of drug-likeness (QED) is 0.607. The smallest absolute Gasteiger partial charge is 0.238 e. The maximum absolute atomic E-state index is 12.5. The Balaban J connectivity index is 1.67. The SMILES string of the molecule is N#CCN(C(=O)CSc1ccc2c(c1)OCCCO2)c1ccccc1. The highest BCUT2D eigenvalue weighted by Gasteiger charge is 2.16. The summed E-state index contributed by atoms with van der Waals surface area (Å²) in [7, 11) is 0. The topological polar surface area (TPSA) is 62.6 Å². The number of amides is 1. The van der Waals surface area contributed by atoms with Crippen LogP contribution in [0.5, 0.6) is 11.5 Å². The second kappa shape index (κ2) is 8.45. The number of carbonyl (C=O) groups excluding carboxylic acids is 1. The van der Waals surface area contributed by atoms with E-state index in [1.165, 1.54) is 16.7 Å². The Morgan fingerprint density at radius 3 is 2.64 bits per heavy atom. The number of ether oxygens (including phenoxy) is 2. The first kappa shape index (κ1) is 17.2. The molecule has 0 aromatic heterocycles. The Labute approximate surface area is 151 Å². The van der Waals surface area contributed by atoms with Crippen molar-refractivity contribution in [2.24, 2.45) is 0 Å². The zero-order valence-electron chi connectivity index (χ0n) is 13.7. The van der Waals surface area contributed by atoms with Gasteiger partial charge in [-0.2, -0.15) is 5.26 Å². The van der Waals surface area contributed by atoms with Crippen LogP contribution >= 0.6 is 11.8 Å². The van der Waals surface area contributed by atoms with E-state index in [0.717, 1.165) is 22.8 Å². The van der Waals surface area contributed by atoms with E-state index in [4.69, 9.17) is 14.7 Å². The van der Waals surface area contributed by atoms with Crippen molar-refractivity contribution < 1.29 is 14.3 Å². The highest BCUT2D eigenvalue weighted by molar-refractivity contribution is 8.00. The van der Waals surface area contributed by atoms with Crippen molar-refractivity contribution in [1.29, 1.82) is 5.26 Å². The van der Waals surface area contributed by atoms with E-state index < -0.39 is 0 Å². The Hall–Kier alpha value is -2.65. The first-order chi connectivity index (χ1) is 12.3. The van der Waals surface area contributed by atoms with Crippen LogP contribution in [0.4, 0.5) is 5.69 Å². The molecule has 1 amide bonds. The molecule has 1 aliphatic heterocycles. The molecule has 3 rings (SSSR count). The molecule has 0 spiro atoms. The van der Waals surface area contributed by atoms with Gasteiger partial charge in [0.05, 0.1) is 25.0 Å². The van der Waals surface area contributed by atoms with Crippen molar-refractivity contribution in [2.75, 3.05) is 30.4 Å². The number of thioether (sulfide) groups is 1. The molecule has 0 N–H and O–H groups in total. The third kappa shape index (κ3) is 4.46. The summed E-state index contributed by atoms with van der Waals surface area (Å²) in [4.78, 5) is 15.0. The average molecular weight is 354 g/mol. The van der Waals surface area contributed by atoms with E-state index in [2.05, 4.69) is 6.07 Å². The third-order valence-electron chi connectivity index (χ3n) is 3.68. The molecule has 0 atom stereocenters. The summed E-state index contributed by atoms with van der Waals surface area (Å²) in [5.74, 6) is 1.59. The predicted octanol–water partition coefficient (Wildman–Crippen LogP) is 3.50. The van der Waals surface area contributed by atoms with Gasteiger partial charge in [-0.1, -0.05) is 18.2 Å². The molecule has 0 saturated heterocycles. The molecule has 0 radical (unpaired) electrons. The van der Waals surface area contributed by atoms with Gasteiger partial charge in [0.1, 0.15) is 6.54 Å². The lowest BCUT2D eigenvalue weighted by Crippen LogP contribution is -2.32. The first-order valence-electron chi connectivity index (χ1n) is 8.03. The second-order valence-corrected chi connectivity index (χ2v) is 6.47. The Morgan fingerprint density at radius 2 is 1.88 bits per heavy atom. The Bertz CT molecular complexity index is 774. The molecule has 0 unspecified atom stereocenters. The number of fused-ring (bicyclic) bond motifs is 1. The lowest BCUT2D eigenvalue weighted by atomic mass is 10.3. The number of para-hydroxylation sites is 1. The van der Waals surface area contributed by atoms with Crippen LogP contribution in [0.3, 0.4) is 0 Å². The third-order valence-corrected chi connectivity index (χ3v) is 4.66. The lowest BCUT2D eigenvalue weighted by molar-refractivity contribution is -0.116. The standard InChI is InChI=1S/C19H18N2O3S/c20-9-10-21(15-5-2-1-3-6-15)19(22)14-25-16-7-8-17-18(13-16)24-12-4-11-23-17/h1-3,5-8,13H,4,10-12,14H2.